The van der Waals surface area contributed by atoms with E-state index < -0.39 is 0 Å². The summed E-state index contributed by atoms with van der Waals surface area (Å²) in [7, 11) is 0. The second-order valence-corrected chi connectivity index (χ2v) is 4.95. The minimum absolute atomic E-state index is 0.0723. The predicted molar refractivity (Wildman–Crippen MR) is 87.9 cm³/mol. The molecule has 0 fully saturated rings. The molecule has 0 unspecified atom stereocenters. The monoisotopic (exact) mass is 296 g/mol. The molecule has 0 aromatic heterocycles. The number of hydrogen-bond acceptors (Lipinski definition) is 3. The quantitative estimate of drug-likeness (QED) is 0.631. The van der Waals surface area contributed by atoms with Crippen molar-refractivity contribution < 1.29 is 9.63 Å². The summed E-state index contributed by atoms with van der Waals surface area (Å²) in [4.78, 5) is 16.6. The third-order valence-electron chi connectivity index (χ3n) is 3.23. The van der Waals surface area contributed by atoms with Crippen LogP contribution in [0.1, 0.15) is 16.7 Å². The predicted octanol–water partition coefficient (Wildman–Crippen LogP) is 2.70. The Morgan fingerprint density at radius 1 is 1.14 bits per heavy atom. The molecular weight excluding hydrogens is 276 g/mol. The maximum Gasteiger partial charge on any atom is 0.260 e. The molecule has 0 heterocycles. The highest BCUT2D eigenvalue weighted by Crippen LogP contribution is 2.03. The van der Waals surface area contributed by atoms with Gasteiger partial charge >= 0.3 is 0 Å². The van der Waals surface area contributed by atoms with Crippen molar-refractivity contribution in [3.05, 3.63) is 71.3 Å². The van der Waals surface area contributed by atoms with Gasteiger partial charge in [0.25, 0.3) is 5.91 Å². The van der Waals surface area contributed by atoms with Gasteiger partial charge in [-0.1, -0.05) is 59.8 Å². The van der Waals surface area contributed by atoms with Crippen LogP contribution in [0.2, 0.25) is 0 Å². The van der Waals surface area contributed by atoms with Crippen LogP contribution in [0.5, 0.6) is 0 Å². The number of aryl methyl sites for hydroxylation is 1. The van der Waals surface area contributed by atoms with Gasteiger partial charge in [-0.3, -0.25) is 4.79 Å². The second kappa shape index (κ2) is 8.62. The Morgan fingerprint density at radius 3 is 2.64 bits per heavy atom. The number of oxime groups is 1. The van der Waals surface area contributed by atoms with Crippen molar-refractivity contribution >= 4 is 12.1 Å². The van der Waals surface area contributed by atoms with E-state index in [0.717, 1.165) is 17.5 Å². The van der Waals surface area contributed by atoms with Gasteiger partial charge in [-0.25, -0.2) is 0 Å². The molecule has 2 rings (SSSR count). The molecule has 2 aromatic carbocycles. The summed E-state index contributed by atoms with van der Waals surface area (Å²) < 4.78 is 0. The minimum atomic E-state index is -0.169. The molecule has 4 heteroatoms. The van der Waals surface area contributed by atoms with E-state index in [9.17, 15) is 4.79 Å². The fourth-order valence-corrected chi connectivity index (χ4v) is 1.96. The fraction of sp³-hybridized carbons (Fsp3) is 0.222. The molecule has 2 aromatic rings. The van der Waals surface area contributed by atoms with Gasteiger partial charge in [-0.2, -0.15) is 0 Å². The lowest BCUT2D eigenvalue weighted by atomic mass is 10.1. The Hall–Kier alpha value is -2.62. The summed E-state index contributed by atoms with van der Waals surface area (Å²) >= 11 is 0. The van der Waals surface area contributed by atoms with Crippen molar-refractivity contribution in [1.29, 1.82) is 0 Å². The Bertz CT molecular complexity index is 624. The van der Waals surface area contributed by atoms with Crippen LogP contribution in [-0.4, -0.2) is 25.3 Å². The molecule has 0 radical (unpaired) electrons. The number of nitrogens with zero attached hydrogens (tertiary/aromatic N) is 1. The van der Waals surface area contributed by atoms with Crippen LogP contribution in [0, 0.1) is 6.92 Å². The van der Waals surface area contributed by atoms with Gasteiger partial charge in [0, 0.05) is 6.54 Å². The minimum Gasteiger partial charge on any atom is -0.386 e. The van der Waals surface area contributed by atoms with Gasteiger partial charge in [-0.15, -0.1) is 0 Å². The molecule has 114 valence electrons. The zero-order chi connectivity index (χ0) is 15.6. The molecule has 0 aliphatic heterocycles. The lowest BCUT2D eigenvalue weighted by molar-refractivity contribution is -0.125. The standard InChI is InChI=1S/C18H20N2O2/c1-15-7-5-6-10-17(15)13-20-22-14-18(21)19-12-11-16-8-3-2-4-9-16/h2-10,13H,11-12,14H2,1H3,(H,19,21)/b20-13+. The molecule has 0 saturated carbocycles. The van der Waals surface area contributed by atoms with Crippen molar-refractivity contribution in [2.45, 2.75) is 13.3 Å². The van der Waals surface area contributed by atoms with E-state index in [1.165, 1.54) is 5.56 Å². The van der Waals surface area contributed by atoms with E-state index >= 15 is 0 Å². The van der Waals surface area contributed by atoms with Crippen LogP contribution in [0.25, 0.3) is 0 Å². The van der Waals surface area contributed by atoms with Gasteiger partial charge in [0.1, 0.15) is 0 Å². The molecule has 4 nitrogen and oxygen atoms in total. The summed E-state index contributed by atoms with van der Waals surface area (Å²) in [5, 5.41) is 6.63. The maximum absolute atomic E-state index is 11.6. The highest BCUT2D eigenvalue weighted by atomic mass is 16.6. The summed E-state index contributed by atoms with van der Waals surface area (Å²) in [6.07, 6.45) is 2.42. The summed E-state index contributed by atoms with van der Waals surface area (Å²) in [6, 6.07) is 17.9. The van der Waals surface area contributed by atoms with Gasteiger partial charge < -0.3 is 10.2 Å². The second-order valence-electron chi connectivity index (χ2n) is 4.95. The number of carbonyl (C=O) groups excluding carboxylic acids is 1. The first-order valence-electron chi connectivity index (χ1n) is 7.27. The number of nitrogens with one attached hydrogen (secondary N) is 1. The van der Waals surface area contributed by atoms with Crippen molar-refractivity contribution in [2.24, 2.45) is 5.16 Å². The third-order valence-corrected chi connectivity index (χ3v) is 3.23. The Kier molecular flexibility index (Phi) is 6.18. The molecule has 0 spiro atoms. The molecule has 0 bridgehead atoms. The largest absolute Gasteiger partial charge is 0.386 e. The Labute approximate surface area is 130 Å². The average Bonchev–Trinajstić information content (AvgIpc) is 2.54. The van der Waals surface area contributed by atoms with E-state index in [-0.39, 0.29) is 12.5 Å². The van der Waals surface area contributed by atoms with E-state index in [2.05, 4.69) is 10.5 Å². The van der Waals surface area contributed by atoms with Crippen molar-refractivity contribution in [3.63, 3.8) is 0 Å². The smallest absolute Gasteiger partial charge is 0.260 e. The lowest BCUT2D eigenvalue weighted by Gasteiger charge is -2.04. The van der Waals surface area contributed by atoms with E-state index in [4.69, 9.17) is 4.84 Å². The van der Waals surface area contributed by atoms with E-state index in [1.54, 1.807) is 6.21 Å². The van der Waals surface area contributed by atoms with Crippen LogP contribution in [0.3, 0.4) is 0 Å². The maximum atomic E-state index is 11.6. The highest BCUT2D eigenvalue weighted by molar-refractivity contribution is 5.81. The molecular formula is C18H20N2O2. The van der Waals surface area contributed by atoms with Crippen LogP contribution >= 0.6 is 0 Å². The van der Waals surface area contributed by atoms with Crippen molar-refractivity contribution in [3.8, 4) is 0 Å². The Morgan fingerprint density at radius 2 is 1.86 bits per heavy atom. The normalized spacial score (nSPS) is 10.6. The third kappa shape index (κ3) is 5.40. The van der Waals surface area contributed by atoms with Crippen molar-refractivity contribution in [1.82, 2.24) is 5.32 Å². The van der Waals surface area contributed by atoms with Gasteiger partial charge in [0.2, 0.25) is 0 Å². The zero-order valence-electron chi connectivity index (χ0n) is 12.7. The van der Waals surface area contributed by atoms with E-state index in [0.29, 0.717) is 6.54 Å². The fourth-order valence-electron chi connectivity index (χ4n) is 1.96. The number of amides is 1. The number of carbonyl (C=O) groups is 1. The summed E-state index contributed by atoms with van der Waals surface area (Å²) in [5.41, 5.74) is 3.29. The zero-order valence-corrected chi connectivity index (χ0v) is 12.7. The highest BCUT2D eigenvalue weighted by Gasteiger charge is 2.00. The van der Waals surface area contributed by atoms with Gasteiger partial charge in [0.05, 0.1) is 6.21 Å². The number of hydrogen-bond donors (Lipinski definition) is 1. The summed E-state index contributed by atoms with van der Waals surface area (Å²) in [5.74, 6) is -0.169. The van der Waals surface area contributed by atoms with Crippen molar-refractivity contribution in [2.75, 3.05) is 13.2 Å². The number of benzene rings is 2. The Balaban J connectivity index is 1.65. The van der Waals surface area contributed by atoms with Crippen LogP contribution in [-0.2, 0) is 16.1 Å². The summed E-state index contributed by atoms with van der Waals surface area (Å²) in [6.45, 7) is 2.52. The first-order chi connectivity index (χ1) is 10.8. The molecule has 1 amide bonds. The molecule has 0 aliphatic carbocycles. The van der Waals surface area contributed by atoms with Crippen LogP contribution < -0.4 is 5.32 Å². The number of rotatable bonds is 7. The van der Waals surface area contributed by atoms with Crippen LogP contribution in [0.15, 0.2) is 59.8 Å². The lowest BCUT2D eigenvalue weighted by Crippen LogP contribution is -2.28. The topological polar surface area (TPSA) is 50.7 Å². The van der Waals surface area contributed by atoms with E-state index in [1.807, 2.05) is 61.5 Å². The van der Waals surface area contributed by atoms with Gasteiger partial charge in [0.15, 0.2) is 6.61 Å². The molecule has 1 N–H and O–H groups in total. The molecule has 0 saturated heterocycles. The molecule has 0 aliphatic rings. The van der Waals surface area contributed by atoms with Gasteiger partial charge in [-0.05, 0) is 30.0 Å². The molecule has 0 atom stereocenters. The first-order valence-corrected chi connectivity index (χ1v) is 7.27. The SMILES string of the molecule is Cc1ccccc1/C=N/OCC(=O)NCCc1ccccc1. The average molecular weight is 296 g/mol. The molecule has 22 heavy (non-hydrogen) atoms. The first kappa shape index (κ1) is 15.8. The van der Waals surface area contributed by atoms with Crippen LogP contribution in [0.4, 0.5) is 0 Å².